The van der Waals surface area contributed by atoms with Crippen molar-refractivity contribution in [2.24, 2.45) is 0 Å². The van der Waals surface area contributed by atoms with Crippen LogP contribution in [0.15, 0.2) is 69.6 Å². The molecule has 31 heavy (non-hydrogen) atoms. The van der Waals surface area contributed by atoms with E-state index in [0.717, 1.165) is 11.6 Å². The zero-order chi connectivity index (χ0) is 22.2. The number of carbonyl (C=O) groups is 2. The van der Waals surface area contributed by atoms with E-state index in [2.05, 4.69) is 0 Å². The van der Waals surface area contributed by atoms with Crippen LogP contribution < -0.4 is 10.2 Å². The normalized spacial score (nSPS) is 10.4. The van der Waals surface area contributed by atoms with E-state index in [-0.39, 0.29) is 29.7 Å². The van der Waals surface area contributed by atoms with Gasteiger partial charge in [-0.2, -0.15) is 0 Å². The average molecular weight is 422 g/mol. The molecule has 0 atom stereocenters. The fourth-order valence-corrected chi connectivity index (χ4v) is 2.83. The molecule has 0 radical (unpaired) electrons. The molecular weight excluding hydrogens is 400 g/mol. The number of hydrogen-bond acceptors (Lipinski definition) is 7. The molecule has 0 aliphatic heterocycles. The van der Waals surface area contributed by atoms with Gasteiger partial charge < -0.3 is 18.6 Å². The van der Waals surface area contributed by atoms with Gasteiger partial charge in [0, 0.05) is 0 Å². The van der Waals surface area contributed by atoms with E-state index in [0.29, 0.717) is 17.9 Å². The van der Waals surface area contributed by atoms with Gasteiger partial charge in [-0.15, -0.1) is 0 Å². The molecule has 0 aliphatic rings. The van der Waals surface area contributed by atoms with Crippen molar-refractivity contribution in [2.75, 3.05) is 13.2 Å². The van der Waals surface area contributed by atoms with E-state index in [1.54, 1.807) is 32.0 Å². The molecular formula is C24H22O7. The third-order valence-electron chi connectivity index (χ3n) is 4.31. The summed E-state index contributed by atoms with van der Waals surface area (Å²) in [5, 5.41) is 0.256. The van der Waals surface area contributed by atoms with Crippen molar-refractivity contribution in [2.45, 2.75) is 20.5 Å². The first-order valence-electron chi connectivity index (χ1n) is 9.81. The highest BCUT2D eigenvalue weighted by Crippen LogP contribution is 2.21. The van der Waals surface area contributed by atoms with Crippen LogP contribution in [0.25, 0.3) is 17.0 Å². The monoisotopic (exact) mass is 422 g/mol. The molecule has 1 aromatic heterocycles. The maximum atomic E-state index is 13.0. The number of carbonyl (C=O) groups excluding carboxylic acids is 2. The Hall–Kier alpha value is -3.87. The molecule has 7 heteroatoms. The molecule has 0 saturated carbocycles. The second-order valence-electron chi connectivity index (χ2n) is 6.45. The second-order valence-corrected chi connectivity index (χ2v) is 6.45. The van der Waals surface area contributed by atoms with Gasteiger partial charge in [0.15, 0.2) is 5.43 Å². The maximum Gasteiger partial charge on any atom is 0.345 e. The highest BCUT2D eigenvalue weighted by Gasteiger charge is 2.22. The molecule has 0 fully saturated rings. The van der Waals surface area contributed by atoms with Crippen LogP contribution in [0.4, 0.5) is 0 Å². The number of ether oxygens (including phenoxy) is 3. The van der Waals surface area contributed by atoms with Crippen LogP contribution in [0.1, 0.15) is 25.0 Å². The van der Waals surface area contributed by atoms with Gasteiger partial charge in [0.05, 0.1) is 24.2 Å². The van der Waals surface area contributed by atoms with Crippen LogP contribution in [0.3, 0.4) is 0 Å². The Balaban J connectivity index is 1.95. The Morgan fingerprint density at radius 2 is 1.65 bits per heavy atom. The fourth-order valence-electron chi connectivity index (χ4n) is 2.83. The van der Waals surface area contributed by atoms with Gasteiger partial charge in [0.25, 0.3) is 0 Å². The standard InChI is InChI=1S/C24H22O7/c1-3-28-23(26)20(24(27)29-4-2)12-17-15-31-21-11-10-18(13-19(21)22(17)25)30-14-16-8-6-5-7-9-16/h5-13,15H,3-4,14H2,1-2H3. The predicted octanol–water partition coefficient (Wildman–Crippen LogP) is 3.88. The molecule has 0 bridgehead atoms. The molecule has 0 spiro atoms. The van der Waals surface area contributed by atoms with Crippen molar-refractivity contribution in [3.63, 3.8) is 0 Å². The Labute approximate surface area is 178 Å². The second kappa shape index (κ2) is 10.2. The zero-order valence-electron chi connectivity index (χ0n) is 17.3. The lowest BCUT2D eigenvalue weighted by molar-refractivity contribution is -0.146. The fraction of sp³-hybridized carbons (Fsp3) is 0.208. The van der Waals surface area contributed by atoms with Crippen molar-refractivity contribution in [1.82, 2.24) is 0 Å². The van der Waals surface area contributed by atoms with E-state index in [9.17, 15) is 14.4 Å². The van der Waals surface area contributed by atoms with Gasteiger partial charge in [0.2, 0.25) is 0 Å². The summed E-state index contributed by atoms with van der Waals surface area (Å²) in [4.78, 5) is 37.3. The molecule has 0 N–H and O–H groups in total. The van der Waals surface area contributed by atoms with Crippen LogP contribution in [-0.2, 0) is 25.7 Å². The summed E-state index contributed by atoms with van der Waals surface area (Å²) < 4.78 is 21.1. The highest BCUT2D eigenvalue weighted by molar-refractivity contribution is 6.17. The topological polar surface area (TPSA) is 92.0 Å². The van der Waals surface area contributed by atoms with Gasteiger partial charge in [-0.25, -0.2) is 9.59 Å². The van der Waals surface area contributed by atoms with Crippen LogP contribution in [-0.4, -0.2) is 25.2 Å². The summed E-state index contributed by atoms with van der Waals surface area (Å²) in [7, 11) is 0. The molecule has 2 aromatic carbocycles. The highest BCUT2D eigenvalue weighted by atomic mass is 16.6. The third-order valence-corrected chi connectivity index (χ3v) is 4.31. The predicted molar refractivity (Wildman–Crippen MR) is 115 cm³/mol. The van der Waals surface area contributed by atoms with Crippen molar-refractivity contribution in [3.05, 3.63) is 81.7 Å². The average Bonchev–Trinajstić information content (AvgIpc) is 2.78. The van der Waals surface area contributed by atoms with Crippen LogP contribution >= 0.6 is 0 Å². The van der Waals surface area contributed by atoms with Crippen molar-refractivity contribution < 1.29 is 28.2 Å². The number of hydrogen-bond donors (Lipinski definition) is 0. The Morgan fingerprint density at radius 1 is 0.968 bits per heavy atom. The van der Waals surface area contributed by atoms with E-state index in [4.69, 9.17) is 18.6 Å². The Kier molecular flexibility index (Phi) is 7.22. The molecule has 1 heterocycles. The number of esters is 2. The Bertz CT molecular complexity index is 1140. The van der Waals surface area contributed by atoms with Crippen molar-refractivity contribution in [1.29, 1.82) is 0 Å². The Morgan fingerprint density at radius 3 is 2.29 bits per heavy atom. The minimum atomic E-state index is -0.875. The smallest absolute Gasteiger partial charge is 0.345 e. The van der Waals surface area contributed by atoms with Crippen molar-refractivity contribution >= 4 is 29.0 Å². The molecule has 0 aliphatic carbocycles. The van der Waals surface area contributed by atoms with E-state index in [1.165, 1.54) is 6.26 Å². The van der Waals surface area contributed by atoms with Crippen LogP contribution in [0.5, 0.6) is 5.75 Å². The van der Waals surface area contributed by atoms with E-state index >= 15 is 0 Å². The third kappa shape index (κ3) is 5.39. The van der Waals surface area contributed by atoms with E-state index in [1.807, 2.05) is 30.3 Å². The zero-order valence-corrected chi connectivity index (χ0v) is 17.3. The number of benzene rings is 2. The minimum absolute atomic E-state index is 0.0174. The van der Waals surface area contributed by atoms with Crippen LogP contribution in [0, 0.1) is 0 Å². The van der Waals surface area contributed by atoms with Crippen molar-refractivity contribution in [3.8, 4) is 5.75 Å². The lowest BCUT2D eigenvalue weighted by atomic mass is 10.1. The summed E-state index contributed by atoms with van der Waals surface area (Å²) >= 11 is 0. The SMILES string of the molecule is CCOC(=O)C(=Cc1coc2ccc(OCc3ccccc3)cc2c1=O)C(=O)OCC. The first-order chi connectivity index (χ1) is 15.0. The first-order valence-corrected chi connectivity index (χ1v) is 9.81. The molecule has 0 amide bonds. The summed E-state index contributed by atoms with van der Waals surface area (Å²) in [6, 6.07) is 14.5. The van der Waals surface area contributed by atoms with Gasteiger partial charge in [0.1, 0.15) is 29.8 Å². The quantitative estimate of drug-likeness (QED) is 0.235. The summed E-state index contributed by atoms with van der Waals surface area (Å²) in [5.74, 6) is -1.26. The molecule has 160 valence electrons. The minimum Gasteiger partial charge on any atom is -0.489 e. The largest absolute Gasteiger partial charge is 0.489 e. The number of rotatable bonds is 8. The maximum absolute atomic E-state index is 13.0. The molecule has 3 rings (SSSR count). The number of fused-ring (bicyclic) bond motifs is 1. The van der Waals surface area contributed by atoms with Gasteiger partial charge in [-0.05, 0) is 43.7 Å². The van der Waals surface area contributed by atoms with Gasteiger partial charge in [-0.1, -0.05) is 30.3 Å². The molecule has 3 aromatic rings. The molecule has 0 saturated heterocycles. The first kappa shape index (κ1) is 21.8. The lowest BCUT2D eigenvalue weighted by Gasteiger charge is -2.08. The van der Waals surface area contributed by atoms with Crippen LogP contribution in [0.2, 0.25) is 0 Å². The summed E-state index contributed by atoms with van der Waals surface area (Å²) in [5.41, 5.74) is 0.552. The lowest BCUT2D eigenvalue weighted by Crippen LogP contribution is -2.19. The molecule has 0 unspecified atom stereocenters. The van der Waals surface area contributed by atoms with Gasteiger partial charge in [-0.3, -0.25) is 4.79 Å². The van der Waals surface area contributed by atoms with E-state index < -0.39 is 17.4 Å². The summed E-state index contributed by atoms with van der Waals surface area (Å²) in [6.07, 6.45) is 2.31. The molecule has 7 nitrogen and oxygen atoms in total. The summed E-state index contributed by atoms with van der Waals surface area (Å²) in [6.45, 7) is 3.71. The van der Waals surface area contributed by atoms with Gasteiger partial charge >= 0.3 is 11.9 Å².